The average Bonchev–Trinajstić information content (AvgIpc) is 3.44. The minimum Gasteiger partial charge on any atom is -0.497 e. The van der Waals surface area contributed by atoms with Crippen LogP contribution < -0.4 is 15.0 Å². The number of H-pyrrole nitrogens is 1. The van der Waals surface area contributed by atoms with Crippen molar-refractivity contribution in [2.45, 2.75) is 25.3 Å². The Hall–Kier alpha value is -5.18. The number of aromatic nitrogens is 1. The maximum Gasteiger partial charge on any atom is 0.339 e. The normalized spacial score (nSPS) is 18.7. The molecule has 1 aliphatic heterocycles. The number of nitrogens with one attached hydrogen (secondary N) is 1. The number of amides is 1. The fourth-order valence-electron chi connectivity index (χ4n) is 5.89. The molecule has 4 aromatic rings. The topological polar surface area (TPSA) is 110 Å². The van der Waals surface area contributed by atoms with Gasteiger partial charge >= 0.3 is 5.97 Å². The number of rotatable bonds is 7. The van der Waals surface area contributed by atoms with Crippen molar-refractivity contribution in [1.29, 1.82) is 0 Å². The highest BCUT2D eigenvalue weighted by atomic mass is 16.5. The van der Waals surface area contributed by atoms with E-state index in [1.54, 1.807) is 38.5 Å². The molecule has 2 aliphatic rings. The third kappa shape index (κ3) is 5.66. The number of carbonyl (C=O) groups is 2. The largest absolute Gasteiger partial charge is 0.497 e. The fraction of sp³-hybridized carbons (Fsp3) is 0.235. The summed E-state index contributed by atoms with van der Waals surface area (Å²) in [4.78, 5) is 41.7. The second-order valence-electron chi connectivity index (χ2n) is 10.6. The summed E-state index contributed by atoms with van der Waals surface area (Å²) in [5.74, 6) is 0.266. The quantitative estimate of drug-likeness (QED) is 0.290. The van der Waals surface area contributed by atoms with E-state index in [-0.39, 0.29) is 17.5 Å². The Morgan fingerprint density at radius 2 is 1.67 bits per heavy atom. The first-order valence-corrected chi connectivity index (χ1v) is 14.1. The van der Waals surface area contributed by atoms with Crippen LogP contribution in [0.3, 0.4) is 0 Å². The standard InChI is InChI=1S/C34H31N3O6/c1-41-24-14-10-21(11-15-24)18-23-6-5-8-27-32(23)36-37(33(27)22-12-16-25(42-2)17-13-22)31(39)20-43-34(40)28-19-30(38)35-29-9-4-3-7-26(28)29/h3-4,7,9-19,27,33H,5-6,8,20H2,1-2H3,(H,35,38). The first-order valence-electron chi connectivity index (χ1n) is 14.1. The fourth-order valence-corrected chi connectivity index (χ4v) is 5.89. The minimum atomic E-state index is -0.749. The van der Waals surface area contributed by atoms with Gasteiger partial charge in [-0.05, 0) is 72.4 Å². The number of fused-ring (bicyclic) bond motifs is 2. The number of carbonyl (C=O) groups excluding carboxylic acids is 2. The molecule has 1 saturated carbocycles. The Kier molecular flexibility index (Phi) is 7.79. The zero-order chi connectivity index (χ0) is 29.9. The van der Waals surface area contributed by atoms with Crippen LogP contribution in [0, 0.1) is 5.92 Å². The molecule has 1 aromatic heterocycles. The van der Waals surface area contributed by atoms with Gasteiger partial charge in [-0.3, -0.25) is 9.59 Å². The van der Waals surface area contributed by atoms with Crippen LogP contribution in [0.25, 0.3) is 17.0 Å². The molecule has 2 unspecified atom stereocenters. The van der Waals surface area contributed by atoms with Crippen molar-refractivity contribution in [2.24, 2.45) is 11.0 Å². The number of ether oxygens (including phenoxy) is 3. The van der Waals surface area contributed by atoms with Gasteiger partial charge in [0.05, 0.1) is 31.5 Å². The predicted molar refractivity (Wildman–Crippen MR) is 163 cm³/mol. The zero-order valence-electron chi connectivity index (χ0n) is 23.9. The van der Waals surface area contributed by atoms with E-state index in [1.807, 2.05) is 48.5 Å². The summed E-state index contributed by atoms with van der Waals surface area (Å²) in [6.45, 7) is -0.520. The Morgan fingerprint density at radius 3 is 2.40 bits per heavy atom. The lowest BCUT2D eigenvalue weighted by Crippen LogP contribution is -2.34. The van der Waals surface area contributed by atoms with Crippen molar-refractivity contribution in [3.8, 4) is 11.5 Å². The van der Waals surface area contributed by atoms with Gasteiger partial charge < -0.3 is 19.2 Å². The van der Waals surface area contributed by atoms with Gasteiger partial charge in [-0.15, -0.1) is 0 Å². The molecular weight excluding hydrogens is 546 g/mol. The Labute approximate surface area is 248 Å². The zero-order valence-corrected chi connectivity index (χ0v) is 23.9. The molecule has 2 atom stereocenters. The third-order valence-corrected chi connectivity index (χ3v) is 7.97. The van der Waals surface area contributed by atoms with E-state index in [0.29, 0.717) is 16.7 Å². The SMILES string of the molecule is COc1ccc(C=C2CCCC3C2=NN(C(=O)COC(=O)c2cc(=O)[nH]c4ccccc24)C3c2ccc(OC)cc2)cc1. The Balaban J connectivity index is 1.30. The number of pyridine rings is 1. The van der Waals surface area contributed by atoms with Crippen molar-refractivity contribution in [3.63, 3.8) is 0 Å². The average molecular weight is 578 g/mol. The van der Waals surface area contributed by atoms with E-state index in [4.69, 9.17) is 19.3 Å². The van der Waals surface area contributed by atoms with E-state index >= 15 is 0 Å². The molecule has 9 nitrogen and oxygen atoms in total. The van der Waals surface area contributed by atoms with Crippen molar-refractivity contribution in [1.82, 2.24) is 9.99 Å². The number of methoxy groups -OCH3 is 2. The lowest BCUT2D eigenvalue weighted by molar-refractivity contribution is -0.137. The minimum absolute atomic E-state index is 0.0251. The van der Waals surface area contributed by atoms with Crippen LogP contribution in [0.2, 0.25) is 0 Å². The predicted octanol–water partition coefficient (Wildman–Crippen LogP) is 5.53. The second kappa shape index (κ2) is 12.0. The molecule has 6 rings (SSSR count). The molecule has 1 fully saturated rings. The second-order valence-corrected chi connectivity index (χ2v) is 10.6. The molecule has 0 spiro atoms. The van der Waals surface area contributed by atoms with E-state index in [9.17, 15) is 14.4 Å². The number of hydrogen-bond donors (Lipinski definition) is 1. The van der Waals surface area contributed by atoms with Gasteiger partial charge in [0.1, 0.15) is 11.5 Å². The summed E-state index contributed by atoms with van der Waals surface area (Å²) in [5, 5.41) is 6.86. The number of esters is 1. The third-order valence-electron chi connectivity index (χ3n) is 7.97. The van der Waals surface area contributed by atoms with Crippen LogP contribution in [0.4, 0.5) is 0 Å². The smallest absolute Gasteiger partial charge is 0.339 e. The van der Waals surface area contributed by atoms with Crippen molar-refractivity contribution in [2.75, 3.05) is 20.8 Å². The molecule has 2 heterocycles. The summed E-state index contributed by atoms with van der Waals surface area (Å²) in [6.07, 6.45) is 4.76. The molecule has 218 valence electrons. The number of para-hydroxylation sites is 1. The highest BCUT2D eigenvalue weighted by molar-refractivity contribution is 6.08. The first-order chi connectivity index (χ1) is 20.9. The summed E-state index contributed by atoms with van der Waals surface area (Å²) < 4.78 is 16.1. The highest BCUT2D eigenvalue weighted by Gasteiger charge is 2.44. The van der Waals surface area contributed by atoms with Gasteiger partial charge in [0.2, 0.25) is 5.56 Å². The monoisotopic (exact) mass is 577 g/mol. The Bertz CT molecular complexity index is 1790. The van der Waals surface area contributed by atoms with E-state index in [2.05, 4.69) is 11.1 Å². The number of hydrazone groups is 1. The van der Waals surface area contributed by atoms with Gasteiger partial charge in [-0.2, -0.15) is 5.10 Å². The van der Waals surface area contributed by atoms with E-state index < -0.39 is 24.0 Å². The van der Waals surface area contributed by atoms with Crippen LogP contribution in [0.5, 0.6) is 11.5 Å². The summed E-state index contributed by atoms with van der Waals surface area (Å²) in [5.41, 5.74) is 4.05. The number of nitrogens with zero attached hydrogens (tertiary/aromatic N) is 2. The molecule has 43 heavy (non-hydrogen) atoms. The lowest BCUT2D eigenvalue weighted by Gasteiger charge is -2.29. The molecular formula is C34H31N3O6. The van der Waals surface area contributed by atoms with Crippen LogP contribution >= 0.6 is 0 Å². The maximum absolute atomic E-state index is 13.7. The van der Waals surface area contributed by atoms with Gasteiger partial charge in [-0.25, -0.2) is 9.80 Å². The van der Waals surface area contributed by atoms with Gasteiger partial charge in [0.15, 0.2) is 6.61 Å². The molecule has 1 amide bonds. The van der Waals surface area contributed by atoms with Gasteiger partial charge in [0.25, 0.3) is 5.91 Å². The van der Waals surface area contributed by atoms with Gasteiger partial charge in [-0.1, -0.05) is 42.5 Å². The summed E-state index contributed by atoms with van der Waals surface area (Å²) in [6, 6.07) is 23.2. The molecule has 3 aromatic carbocycles. The molecule has 9 heteroatoms. The van der Waals surface area contributed by atoms with Crippen molar-refractivity contribution >= 4 is 34.6 Å². The van der Waals surface area contributed by atoms with Crippen LogP contribution in [-0.2, 0) is 9.53 Å². The summed E-state index contributed by atoms with van der Waals surface area (Å²) in [7, 11) is 3.24. The highest BCUT2D eigenvalue weighted by Crippen LogP contribution is 2.44. The Morgan fingerprint density at radius 1 is 0.977 bits per heavy atom. The number of benzene rings is 3. The van der Waals surface area contributed by atoms with Gasteiger partial charge in [0, 0.05) is 22.9 Å². The number of hydrogen-bond acceptors (Lipinski definition) is 7. The van der Waals surface area contributed by atoms with Crippen molar-refractivity contribution < 1.29 is 23.8 Å². The molecule has 1 N–H and O–H groups in total. The number of allylic oxidation sites excluding steroid dienone is 1. The van der Waals surface area contributed by atoms with E-state index in [0.717, 1.165) is 47.4 Å². The van der Waals surface area contributed by atoms with E-state index in [1.165, 1.54) is 11.1 Å². The molecule has 0 radical (unpaired) electrons. The van der Waals surface area contributed by atoms with Crippen LogP contribution in [0.1, 0.15) is 46.8 Å². The summed E-state index contributed by atoms with van der Waals surface area (Å²) >= 11 is 0. The lowest BCUT2D eigenvalue weighted by atomic mass is 9.77. The molecule has 0 bridgehead atoms. The van der Waals surface area contributed by atoms with Crippen LogP contribution in [-0.4, -0.2) is 48.4 Å². The van der Waals surface area contributed by atoms with Crippen molar-refractivity contribution in [3.05, 3.63) is 111 Å². The van der Waals surface area contributed by atoms with Crippen LogP contribution in [0.15, 0.2) is 94.3 Å². The number of aromatic amines is 1. The maximum atomic E-state index is 13.7. The molecule has 0 saturated heterocycles. The first kappa shape index (κ1) is 28.0. The molecule has 1 aliphatic carbocycles.